The van der Waals surface area contributed by atoms with Crippen molar-refractivity contribution < 1.29 is 0 Å². The minimum atomic E-state index is -0.0878. The van der Waals surface area contributed by atoms with Crippen LogP contribution in [0.3, 0.4) is 0 Å². The summed E-state index contributed by atoms with van der Waals surface area (Å²) >= 11 is 1.86. The van der Waals surface area contributed by atoms with Crippen LogP contribution in [0, 0.1) is 0 Å². The third kappa shape index (κ3) is 4.60. The van der Waals surface area contributed by atoms with Gasteiger partial charge >= 0.3 is 0 Å². The van der Waals surface area contributed by atoms with E-state index in [9.17, 15) is 0 Å². The van der Waals surface area contributed by atoms with Gasteiger partial charge in [-0.05, 0) is 130 Å². The summed E-state index contributed by atoms with van der Waals surface area (Å²) in [5, 5.41) is 7.60. The van der Waals surface area contributed by atoms with Crippen LogP contribution in [0.4, 0.5) is 11.4 Å². The number of fused-ring (bicyclic) bond motifs is 8. The standard InChI is InChI=1S/C52H37NS/c1-52(2)44-17-9-8-14-38(44)39-25-23-36(30-45(39)52)51-41-16-7-6-15-40(41)50(37-24-27-49-47(31-37)53(3)46-18-10-11-19-48(46)54-49)42-26-22-35(29-43(42)51)34-21-20-32-12-4-5-13-33(32)28-34/h4-31H,1-3H3. The zero-order valence-electron chi connectivity index (χ0n) is 30.5. The van der Waals surface area contributed by atoms with Crippen LogP contribution < -0.4 is 4.90 Å². The Labute approximate surface area is 320 Å². The van der Waals surface area contributed by atoms with Gasteiger partial charge in [-0.1, -0.05) is 153 Å². The van der Waals surface area contributed by atoms with Gasteiger partial charge in [-0.2, -0.15) is 0 Å². The van der Waals surface area contributed by atoms with E-state index in [1.165, 1.54) is 109 Å². The van der Waals surface area contributed by atoms with Crippen molar-refractivity contribution in [1.82, 2.24) is 0 Å². The van der Waals surface area contributed by atoms with Crippen LogP contribution in [0.1, 0.15) is 25.0 Å². The molecule has 0 N–H and O–H groups in total. The fourth-order valence-corrected chi connectivity index (χ4v) is 10.4. The fourth-order valence-electron chi connectivity index (χ4n) is 9.30. The normalized spacial score (nSPS) is 13.9. The second kappa shape index (κ2) is 11.7. The van der Waals surface area contributed by atoms with Crippen LogP contribution in [0.2, 0.25) is 0 Å². The zero-order chi connectivity index (χ0) is 36.1. The van der Waals surface area contributed by atoms with Gasteiger partial charge in [-0.25, -0.2) is 0 Å². The monoisotopic (exact) mass is 707 g/mol. The molecular formula is C52H37NS. The van der Waals surface area contributed by atoms with Crippen LogP contribution in [-0.4, -0.2) is 7.05 Å². The highest BCUT2D eigenvalue weighted by molar-refractivity contribution is 7.99. The van der Waals surface area contributed by atoms with Gasteiger partial charge in [0.05, 0.1) is 11.4 Å². The Balaban J connectivity index is 1.19. The van der Waals surface area contributed by atoms with E-state index < -0.39 is 0 Å². The Morgan fingerprint density at radius 1 is 0.407 bits per heavy atom. The Morgan fingerprint density at radius 3 is 1.87 bits per heavy atom. The summed E-state index contributed by atoms with van der Waals surface area (Å²) in [5.41, 5.74) is 15.4. The molecule has 11 rings (SSSR count). The molecule has 0 spiro atoms. The summed E-state index contributed by atoms with van der Waals surface area (Å²) in [6.45, 7) is 4.75. The number of benzene rings is 9. The molecule has 0 bridgehead atoms. The highest BCUT2D eigenvalue weighted by Crippen LogP contribution is 2.53. The molecule has 2 aliphatic rings. The van der Waals surface area contributed by atoms with Gasteiger partial charge in [-0.15, -0.1) is 0 Å². The molecule has 256 valence electrons. The Morgan fingerprint density at radius 2 is 1.00 bits per heavy atom. The maximum absolute atomic E-state index is 2.49. The van der Waals surface area contributed by atoms with E-state index in [-0.39, 0.29) is 5.41 Å². The van der Waals surface area contributed by atoms with E-state index in [4.69, 9.17) is 0 Å². The van der Waals surface area contributed by atoms with Gasteiger partial charge in [-0.3, -0.25) is 0 Å². The highest BCUT2D eigenvalue weighted by Gasteiger charge is 2.35. The Kier molecular flexibility index (Phi) is 6.81. The van der Waals surface area contributed by atoms with Crippen LogP contribution in [0.25, 0.3) is 76.8 Å². The third-order valence-corrected chi connectivity index (χ3v) is 13.2. The van der Waals surface area contributed by atoms with Crippen LogP contribution in [0.5, 0.6) is 0 Å². The molecule has 1 aliphatic heterocycles. The molecule has 0 amide bonds. The minimum Gasteiger partial charge on any atom is -0.343 e. The van der Waals surface area contributed by atoms with Gasteiger partial charge < -0.3 is 4.90 Å². The van der Waals surface area contributed by atoms with Crippen LogP contribution in [0.15, 0.2) is 180 Å². The average molecular weight is 708 g/mol. The maximum Gasteiger partial charge on any atom is 0.0556 e. The minimum absolute atomic E-state index is 0.0878. The lowest BCUT2D eigenvalue weighted by Gasteiger charge is -2.30. The Hall–Kier alpha value is -6.09. The number of hydrogen-bond donors (Lipinski definition) is 0. The molecule has 0 atom stereocenters. The van der Waals surface area contributed by atoms with Crippen molar-refractivity contribution in [2.24, 2.45) is 0 Å². The number of rotatable bonds is 3. The molecule has 0 radical (unpaired) electrons. The highest BCUT2D eigenvalue weighted by atomic mass is 32.2. The van der Waals surface area contributed by atoms with E-state index in [1.807, 2.05) is 11.8 Å². The average Bonchev–Trinajstić information content (AvgIpc) is 3.45. The van der Waals surface area contributed by atoms with Gasteiger partial charge in [0, 0.05) is 22.3 Å². The lowest BCUT2D eigenvalue weighted by molar-refractivity contribution is 0.660. The van der Waals surface area contributed by atoms with Crippen molar-refractivity contribution in [2.75, 3.05) is 11.9 Å². The summed E-state index contributed by atoms with van der Waals surface area (Å²) in [7, 11) is 2.20. The van der Waals surface area contributed by atoms with Crippen molar-refractivity contribution in [3.63, 3.8) is 0 Å². The molecule has 9 aromatic carbocycles. The summed E-state index contributed by atoms with van der Waals surface area (Å²) < 4.78 is 0. The molecule has 0 saturated heterocycles. The van der Waals surface area contributed by atoms with Crippen LogP contribution >= 0.6 is 11.8 Å². The number of anilines is 2. The van der Waals surface area contributed by atoms with E-state index in [0.717, 1.165) is 0 Å². The zero-order valence-corrected chi connectivity index (χ0v) is 31.3. The number of para-hydroxylation sites is 1. The van der Waals surface area contributed by atoms with Crippen molar-refractivity contribution in [2.45, 2.75) is 29.1 Å². The lowest BCUT2D eigenvalue weighted by Crippen LogP contribution is -2.14. The topological polar surface area (TPSA) is 3.24 Å². The largest absolute Gasteiger partial charge is 0.343 e. The van der Waals surface area contributed by atoms with Crippen molar-refractivity contribution in [1.29, 1.82) is 0 Å². The van der Waals surface area contributed by atoms with E-state index >= 15 is 0 Å². The molecule has 54 heavy (non-hydrogen) atoms. The van der Waals surface area contributed by atoms with Gasteiger partial charge in [0.2, 0.25) is 0 Å². The van der Waals surface area contributed by atoms with Crippen molar-refractivity contribution in [3.8, 4) is 44.5 Å². The lowest BCUT2D eigenvalue weighted by atomic mass is 9.80. The number of nitrogens with zero attached hydrogens (tertiary/aromatic N) is 1. The fraction of sp³-hybridized carbons (Fsp3) is 0.0769. The van der Waals surface area contributed by atoms with Gasteiger partial charge in [0.25, 0.3) is 0 Å². The molecule has 2 heteroatoms. The van der Waals surface area contributed by atoms with E-state index in [1.54, 1.807) is 0 Å². The predicted molar refractivity (Wildman–Crippen MR) is 231 cm³/mol. The molecule has 0 aromatic heterocycles. The first kappa shape index (κ1) is 31.4. The molecule has 1 aliphatic carbocycles. The quantitative estimate of drug-likeness (QED) is 0.168. The first-order chi connectivity index (χ1) is 26.4. The first-order valence-corrected chi connectivity index (χ1v) is 19.6. The van der Waals surface area contributed by atoms with Gasteiger partial charge in [0.15, 0.2) is 0 Å². The summed E-state index contributed by atoms with van der Waals surface area (Å²) in [6.07, 6.45) is 0. The van der Waals surface area contributed by atoms with Crippen LogP contribution in [-0.2, 0) is 5.41 Å². The van der Waals surface area contributed by atoms with Gasteiger partial charge in [0.1, 0.15) is 0 Å². The first-order valence-electron chi connectivity index (χ1n) is 18.8. The molecule has 0 unspecified atom stereocenters. The summed E-state index contributed by atoms with van der Waals surface area (Å²) in [5.74, 6) is 0. The third-order valence-electron chi connectivity index (χ3n) is 12.0. The van der Waals surface area contributed by atoms with E-state index in [2.05, 4.69) is 196 Å². The second-order valence-corrected chi connectivity index (χ2v) is 16.4. The second-order valence-electron chi connectivity index (χ2n) is 15.4. The molecule has 9 aromatic rings. The summed E-state index contributed by atoms with van der Waals surface area (Å²) in [4.78, 5) is 4.93. The molecular weight excluding hydrogens is 671 g/mol. The molecule has 0 fully saturated rings. The smallest absolute Gasteiger partial charge is 0.0556 e. The predicted octanol–water partition coefficient (Wildman–Crippen LogP) is 14.7. The number of hydrogen-bond acceptors (Lipinski definition) is 2. The molecule has 1 heterocycles. The SMILES string of the molecule is CN1c2ccccc2Sc2ccc(-c3c4ccccc4c(-c4ccc5c(c4)C(C)(C)c4ccccc4-5)c4cc(-c5ccc6ccccc6c5)ccc34)cc21. The van der Waals surface area contributed by atoms with Crippen molar-refractivity contribution in [3.05, 3.63) is 181 Å². The molecule has 1 nitrogen and oxygen atoms in total. The van der Waals surface area contributed by atoms with E-state index in [0.29, 0.717) is 0 Å². The maximum atomic E-state index is 2.49. The van der Waals surface area contributed by atoms with Crippen molar-refractivity contribution >= 4 is 55.5 Å². The summed E-state index contributed by atoms with van der Waals surface area (Å²) in [6, 6.07) is 63.7. The Bertz CT molecular complexity index is 3020. The molecule has 0 saturated carbocycles.